The van der Waals surface area contributed by atoms with Gasteiger partial charge < -0.3 is 10.1 Å². The van der Waals surface area contributed by atoms with Gasteiger partial charge in [-0.1, -0.05) is 18.2 Å². The summed E-state index contributed by atoms with van der Waals surface area (Å²) in [5.74, 6) is 0.911. The zero-order chi connectivity index (χ0) is 18.1. The lowest BCUT2D eigenvalue weighted by molar-refractivity contribution is -0.124. The van der Waals surface area contributed by atoms with E-state index >= 15 is 0 Å². The molecule has 2 aliphatic rings. The van der Waals surface area contributed by atoms with Crippen LogP contribution in [0.4, 0.5) is 0 Å². The third-order valence-corrected chi connectivity index (χ3v) is 7.24. The van der Waals surface area contributed by atoms with Gasteiger partial charge in [-0.25, -0.2) is 12.7 Å². The molecule has 3 rings (SSSR count). The lowest BCUT2D eigenvalue weighted by Crippen LogP contribution is -2.49. The van der Waals surface area contributed by atoms with Crippen LogP contribution in [-0.2, 0) is 20.2 Å². The highest BCUT2D eigenvalue weighted by atomic mass is 32.2. The van der Waals surface area contributed by atoms with Crippen molar-refractivity contribution in [2.75, 3.05) is 26.0 Å². The molecule has 138 valence electrons. The number of carbonyl (C=O) groups excluding carboxylic acids is 1. The molecule has 1 aromatic rings. The van der Waals surface area contributed by atoms with Gasteiger partial charge in [-0.15, -0.1) is 0 Å². The molecule has 0 unspecified atom stereocenters. The van der Waals surface area contributed by atoms with Gasteiger partial charge in [-0.05, 0) is 38.7 Å². The Labute approximate surface area is 149 Å². The first-order chi connectivity index (χ1) is 11.9. The molecule has 0 aromatic heterocycles. The molecule has 7 heteroatoms. The van der Waals surface area contributed by atoms with E-state index in [1.807, 2.05) is 24.3 Å². The van der Waals surface area contributed by atoms with Crippen molar-refractivity contribution in [1.82, 2.24) is 9.62 Å². The van der Waals surface area contributed by atoms with Gasteiger partial charge in [-0.3, -0.25) is 4.79 Å². The molecule has 0 radical (unpaired) electrons. The van der Waals surface area contributed by atoms with Crippen molar-refractivity contribution in [3.05, 3.63) is 29.8 Å². The van der Waals surface area contributed by atoms with Crippen LogP contribution in [0.15, 0.2) is 24.3 Å². The SMILES string of the molecule is CCS(=O)(=O)N1CCC(NC(=O)C2(c3ccccc3OC)CC2)CC1. The minimum Gasteiger partial charge on any atom is -0.496 e. The smallest absolute Gasteiger partial charge is 0.231 e. The van der Waals surface area contributed by atoms with Crippen LogP contribution < -0.4 is 10.1 Å². The molecular weight excluding hydrogens is 340 g/mol. The van der Waals surface area contributed by atoms with E-state index in [0.717, 1.165) is 24.2 Å². The lowest BCUT2D eigenvalue weighted by Gasteiger charge is -2.32. The number of ether oxygens (including phenoxy) is 1. The van der Waals surface area contributed by atoms with E-state index in [9.17, 15) is 13.2 Å². The van der Waals surface area contributed by atoms with Gasteiger partial charge in [-0.2, -0.15) is 0 Å². The molecular formula is C18H26N2O4S. The van der Waals surface area contributed by atoms with Gasteiger partial charge >= 0.3 is 0 Å². The minimum atomic E-state index is -3.14. The Bertz CT molecular complexity index is 735. The van der Waals surface area contributed by atoms with Crippen LogP contribution in [0.25, 0.3) is 0 Å². The molecule has 1 heterocycles. The summed E-state index contributed by atoms with van der Waals surface area (Å²) >= 11 is 0. The van der Waals surface area contributed by atoms with Crippen molar-refractivity contribution in [2.24, 2.45) is 0 Å². The molecule has 0 atom stereocenters. The first-order valence-electron chi connectivity index (χ1n) is 8.85. The number of amides is 1. The summed E-state index contributed by atoms with van der Waals surface area (Å²) in [5, 5.41) is 3.15. The number of hydrogen-bond donors (Lipinski definition) is 1. The minimum absolute atomic E-state index is 0.0305. The zero-order valence-corrected chi connectivity index (χ0v) is 15.6. The Balaban J connectivity index is 1.64. The molecule has 1 amide bonds. The number of carbonyl (C=O) groups is 1. The summed E-state index contributed by atoms with van der Waals surface area (Å²) in [7, 11) is -1.52. The lowest BCUT2D eigenvalue weighted by atomic mass is 9.93. The second-order valence-electron chi connectivity index (χ2n) is 6.83. The first-order valence-corrected chi connectivity index (χ1v) is 10.5. The molecule has 1 aromatic carbocycles. The van der Waals surface area contributed by atoms with Crippen molar-refractivity contribution in [1.29, 1.82) is 0 Å². The predicted octanol–water partition coefficient (Wildman–Crippen LogP) is 1.66. The topological polar surface area (TPSA) is 75.7 Å². The van der Waals surface area contributed by atoms with Gasteiger partial charge in [0.1, 0.15) is 5.75 Å². The molecule has 6 nitrogen and oxygen atoms in total. The van der Waals surface area contributed by atoms with E-state index in [0.29, 0.717) is 25.9 Å². The average molecular weight is 366 g/mol. The fourth-order valence-corrected chi connectivity index (χ4v) is 4.70. The van der Waals surface area contributed by atoms with E-state index in [4.69, 9.17) is 4.74 Å². The number of benzene rings is 1. The summed E-state index contributed by atoms with van der Waals surface area (Å²) in [6.07, 6.45) is 2.96. The van der Waals surface area contributed by atoms with Gasteiger partial charge in [0.2, 0.25) is 15.9 Å². The normalized spacial score (nSPS) is 20.9. The van der Waals surface area contributed by atoms with E-state index < -0.39 is 15.4 Å². The Morgan fingerprint density at radius 3 is 2.48 bits per heavy atom. The van der Waals surface area contributed by atoms with Crippen LogP contribution in [0.3, 0.4) is 0 Å². The summed E-state index contributed by atoms with van der Waals surface area (Å²) in [6, 6.07) is 7.71. The number of sulfonamides is 1. The average Bonchev–Trinajstić information content (AvgIpc) is 3.44. The van der Waals surface area contributed by atoms with Crippen molar-refractivity contribution in [3.63, 3.8) is 0 Å². The molecule has 1 aliphatic heterocycles. The Hall–Kier alpha value is -1.60. The standard InChI is InChI=1S/C18H26N2O4S/c1-3-25(22,23)20-12-8-14(9-13-20)19-17(21)18(10-11-18)15-6-4-5-7-16(15)24-2/h4-7,14H,3,8-13H2,1-2H3,(H,19,21). The van der Waals surface area contributed by atoms with Crippen LogP contribution in [0.2, 0.25) is 0 Å². The monoisotopic (exact) mass is 366 g/mol. The molecule has 1 N–H and O–H groups in total. The zero-order valence-electron chi connectivity index (χ0n) is 14.8. The highest BCUT2D eigenvalue weighted by molar-refractivity contribution is 7.89. The maximum atomic E-state index is 12.9. The molecule has 1 aliphatic carbocycles. The number of nitrogens with zero attached hydrogens (tertiary/aromatic N) is 1. The van der Waals surface area contributed by atoms with Crippen LogP contribution >= 0.6 is 0 Å². The highest BCUT2D eigenvalue weighted by Gasteiger charge is 2.53. The maximum absolute atomic E-state index is 12.9. The van der Waals surface area contributed by atoms with E-state index in [1.54, 1.807) is 14.0 Å². The fraction of sp³-hybridized carbons (Fsp3) is 0.611. The fourth-order valence-electron chi connectivity index (χ4n) is 3.57. The number of hydrogen-bond acceptors (Lipinski definition) is 4. The number of nitrogens with one attached hydrogen (secondary N) is 1. The third-order valence-electron chi connectivity index (χ3n) is 5.35. The van der Waals surface area contributed by atoms with Crippen molar-refractivity contribution >= 4 is 15.9 Å². The second kappa shape index (κ2) is 6.96. The number of piperidine rings is 1. The van der Waals surface area contributed by atoms with E-state index in [1.165, 1.54) is 4.31 Å². The number of rotatable bonds is 6. The third kappa shape index (κ3) is 3.53. The molecule has 2 fully saturated rings. The molecule has 1 saturated carbocycles. The summed E-state index contributed by atoms with van der Waals surface area (Å²) in [4.78, 5) is 12.9. The highest BCUT2D eigenvalue weighted by Crippen LogP contribution is 2.51. The molecule has 25 heavy (non-hydrogen) atoms. The van der Waals surface area contributed by atoms with Crippen molar-refractivity contribution in [3.8, 4) is 5.75 Å². The van der Waals surface area contributed by atoms with E-state index in [-0.39, 0.29) is 17.7 Å². The number of para-hydroxylation sites is 1. The van der Waals surface area contributed by atoms with E-state index in [2.05, 4.69) is 5.32 Å². The Morgan fingerprint density at radius 2 is 1.92 bits per heavy atom. The largest absolute Gasteiger partial charge is 0.496 e. The molecule has 0 bridgehead atoms. The Morgan fingerprint density at radius 1 is 1.28 bits per heavy atom. The van der Waals surface area contributed by atoms with Gasteiger partial charge in [0.25, 0.3) is 0 Å². The second-order valence-corrected chi connectivity index (χ2v) is 9.09. The first kappa shape index (κ1) is 18.2. The van der Waals surface area contributed by atoms with Crippen LogP contribution in [-0.4, -0.2) is 50.6 Å². The van der Waals surface area contributed by atoms with Crippen LogP contribution in [0, 0.1) is 0 Å². The summed E-state index contributed by atoms with van der Waals surface area (Å²) < 4.78 is 30.8. The Kier molecular flexibility index (Phi) is 5.06. The maximum Gasteiger partial charge on any atom is 0.231 e. The van der Waals surface area contributed by atoms with Crippen molar-refractivity contribution < 1.29 is 17.9 Å². The van der Waals surface area contributed by atoms with Gasteiger partial charge in [0.05, 0.1) is 18.3 Å². The van der Waals surface area contributed by atoms with Crippen LogP contribution in [0.5, 0.6) is 5.75 Å². The molecule has 0 spiro atoms. The van der Waals surface area contributed by atoms with Crippen molar-refractivity contribution in [2.45, 2.75) is 44.1 Å². The molecule has 1 saturated heterocycles. The number of methoxy groups -OCH3 is 1. The predicted molar refractivity (Wildman–Crippen MR) is 96.1 cm³/mol. The van der Waals surface area contributed by atoms with Gasteiger partial charge in [0.15, 0.2) is 0 Å². The quantitative estimate of drug-likeness (QED) is 0.831. The van der Waals surface area contributed by atoms with Gasteiger partial charge in [0, 0.05) is 24.7 Å². The summed E-state index contributed by atoms with van der Waals surface area (Å²) in [5.41, 5.74) is 0.458. The van der Waals surface area contributed by atoms with Crippen LogP contribution in [0.1, 0.15) is 38.2 Å². The summed E-state index contributed by atoms with van der Waals surface area (Å²) in [6.45, 7) is 2.61.